The quantitative estimate of drug-likeness (QED) is 0.591. The molecule has 0 bridgehead atoms. The minimum Gasteiger partial charge on any atom is -0.434 e. The predicted octanol–water partition coefficient (Wildman–Crippen LogP) is 3.43. The van der Waals surface area contributed by atoms with E-state index < -0.39 is 30.1 Å². The lowest BCUT2D eigenvalue weighted by molar-refractivity contribution is -0.0501. The molecule has 0 saturated carbocycles. The van der Waals surface area contributed by atoms with E-state index in [1.165, 1.54) is 0 Å². The Morgan fingerprint density at radius 2 is 1.88 bits per heavy atom. The fourth-order valence-electron chi connectivity index (χ4n) is 1.16. The van der Waals surface area contributed by atoms with Crippen LogP contribution in [0.3, 0.4) is 0 Å². The van der Waals surface area contributed by atoms with Gasteiger partial charge in [0.25, 0.3) is 6.43 Å². The highest BCUT2D eigenvalue weighted by Crippen LogP contribution is 2.27. The van der Waals surface area contributed by atoms with Crippen molar-refractivity contribution in [2.45, 2.75) is 20.0 Å². The van der Waals surface area contributed by atoms with Crippen LogP contribution in [0.2, 0.25) is 0 Å². The van der Waals surface area contributed by atoms with Gasteiger partial charge in [-0.05, 0) is 25.1 Å². The van der Waals surface area contributed by atoms with Gasteiger partial charge in [0.2, 0.25) is 0 Å². The SMILES string of the molecule is CC(=O)c1cc(C(F)F)ccc1OC(F)F. The standard InChI is InChI=1S/C10H8F4O2/c1-5(15)7-4-6(9(11)12)2-3-8(7)16-10(13)14/h2-4,9-10H,1H3. The molecular weight excluding hydrogens is 228 g/mol. The molecule has 88 valence electrons. The second-order valence-corrected chi connectivity index (χ2v) is 2.99. The van der Waals surface area contributed by atoms with Crippen molar-refractivity contribution in [1.82, 2.24) is 0 Å². The van der Waals surface area contributed by atoms with E-state index in [0.717, 1.165) is 25.1 Å². The van der Waals surface area contributed by atoms with Crippen LogP contribution in [-0.4, -0.2) is 12.4 Å². The number of carbonyl (C=O) groups excluding carboxylic acids is 1. The van der Waals surface area contributed by atoms with Crippen LogP contribution < -0.4 is 4.74 Å². The molecule has 6 heteroatoms. The molecule has 0 saturated heterocycles. The van der Waals surface area contributed by atoms with Gasteiger partial charge < -0.3 is 4.74 Å². The Hall–Kier alpha value is -1.59. The van der Waals surface area contributed by atoms with Gasteiger partial charge in [0.05, 0.1) is 5.56 Å². The van der Waals surface area contributed by atoms with Crippen LogP contribution in [0.1, 0.15) is 29.3 Å². The molecule has 0 N–H and O–H groups in total. The number of halogens is 4. The number of benzene rings is 1. The molecule has 0 aromatic heterocycles. The van der Waals surface area contributed by atoms with Crippen LogP contribution in [0.15, 0.2) is 18.2 Å². The van der Waals surface area contributed by atoms with Gasteiger partial charge in [-0.1, -0.05) is 0 Å². The summed E-state index contributed by atoms with van der Waals surface area (Å²) in [6.07, 6.45) is -2.77. The minimum atomic E-state index is -3.10. The van der Waals surface area contributed by atoms with E-state index in [2.05, 4.69) is 4.74 Å². The largest absolute Gasteiger partial charge is 0.434 e. The highest BCUT2D eigenvalue weighted by Gasteiger charge is 2.16. The van der Waals surface area contributed by atoms with Crippen LogP contribution in [0, 0.1) is 0 Å². The van der Waals surface area contributed by atoms with Gasteiger partial charge >= 0.3 is 6.61 Å². The first-order valence-corrected chi connectivity index (χ1v) is 4.29. The second kappa shape index (κ2) is 4.96. The third-order valence-electron chi connectivity index (χ3n) is 1.85. The van der Waals surface area contributed by atoms with Crippen molar-refractivity contribution in [3.8, 4) is 5.75 Å². The Morgan fingerprint density at radius 3 is 2.31 bits per heavy atom. The van der Waals surface area contributed by atoms with E-state index in [4.69, 9.17) is 0 Å². The molecule has 0 atom stereocenters. The minimum absolute atomic E-state index is 0.280. The zero-order chi connectivity index (χ0) is 12.3. The molecule has 16 heavy (non-hydrogen) atoms. The van der Waals surface area contributed by atoms with E-state index in [0.29, 0.717) is 0 Å². The average Bonchev–Trinajstić information content (AvgIpc) is 2.16. The number of ether oxygens (including phenoxy) is 1. The van der Waals surface area contributed by atoms with Gasteiger partial charge in [0, 0.05) is 5.56 Å². The van der Waals surface area contributed by atoms with E-state index in [1.807, 2.05) is 0 Å². The summed E-state index contributed by atoms with van der Waals surface area (Å²) in [5.74, 6) is -1.01. The van der Waals surface area contributed by atoms with Crippen LogP contribution >= 0.6 is 0 Å². The molecule has 0 aliphatic heterocycles. The number of carbonyl (C=O) groups is 1. The maximum Gasteiger partial charge on any atom is 0.387 e. The van der Waals surface area contributed by atoms with Crippen molar-refractivity contribution in [2.75, 3.05) is 0 Å². The van der Waals surface area contributed by atoms with Crippen LogP contribution in [0.4, 0.5) is 17.6 Å². The molecule has 0 unspecified atom stereocenters. The summed E-state index contributed by atoms with van der Waals surface area (Å²) in [6.45, 7) is -2.02. The number of hydrogen-bond acceptors (Lipinski definition) is 2. The molecule has 0 heterocycles. The lowest BCUT2D eigenvalue weighted by Gasteiger charge is -2.10. The molecule has 0 spiro atoms. The van der Waals surface area contributed by atoms with E-state index in [1.54, 1.807) is 0 Å². The summed E-state index contributed by atoms with van der Waals surface area (Å²) in [6, 6.07) is 2.73. The van der Waals surface area contributed by atoms with Crippen LogP contribution in [-0.2, 0) is 0 Å². The summed E-state index contributed by atoms with van der Waals surface area (Å²) in [7, 11) is 0. The first kappa shape index (κ1) is 12.5. The third-order valence-corrected chi connectivity index (χ3v) is 1.85. The van der Waals surface area contributed by atoms with Crippen molar-refractivity contribution in [3.63, 3.8) is 0 Å². The fraction of sp³-hybridized carbons (Fsp3) is 0.300. The van der Waals surface area contributed by atoms with Gasteiger partial charge in [0.1, 0.15) is 5.75 Å². The van der Waals surface area contributed by atoms with Gasteiger partial charge in [-0.3, -0.25) is 4.79 Å². The van der Waals surface area contributed by atoms with Crippen molar-refractivity contribution < 1.29 is 27.1 Å². The molecule has 0 amide bonds. The van der Waals surface area contributed by atoms with Crippen LogP contribution in [0.5, 0.6) is 5.75 Å². The molecule has 0 fully saturated rings. The maximum absolute atomic E-state index is 12.3. The van der Waals surface area contributed by atoms with Crippen LogP contribution in [0.25, 0.3) is 0 Å². The predicted molar refractivity (Wildman–Crippen MR) is 48.0 cm³/mol. The zero-order valence-corrected chi connectivity index (χ0v) is 8.22. The van der Waals surface area contributed by atoms with Crippen molar-refractivity contribution in [2.24, 2.45) is 0 Å². The van der Waals surface area contributed by atoms with E-state index in [9.17, 15) is 22.4 Å². The van der Waals surface area contributed by atoms with Crippen molar-refractivity contribution in [3.05, 3.63) is 29.3 Å². The van der Waals surface area contributed by atoms with Gasteiger partial charge in [-0.25, -0.2) is 8.78 Å². The average molecular weight is 236 g/mol. The smallest absolute Gasteiger partial charge is 0.387 e. The lowest BCUT2D eigenvalue weighted by atomic mass is 10.1. The Kier molecular flexibility index (Phi) is 3.87. The van der Waals surface area contributed by atoms with E-state index >= 15 is 0 Å². The molecule has 1 aromatic rings. The summed E-state index contributed by atoms with van der Waals surface area (Å²) in [5, 5.41) is 0. The molecule has 1 aromatic carbocycles. The molecule has 0 radical (unpaired) electrons. The van der Waals surface area contributed by atoms with Gasteiger partial charge in [0.15, 0.2) is 5.78 Å². The first-order valence-electron chi connectivity index (χ1n) is 4.29. The normalized spacial score (nSPS) is 10.9. The Balaban J connectivity index is 3.14. The summed E-state index contributed by atoms with van der Waals surface area (Å²) >= 11 is 0. The Morgan fingerprint density at radius 1 is 1.25 bits per heavy atom. The number of alkyl halides is 4. The molecule has 2 nitrogen and oxygen atoms in total. The topological polar surface area (TPSA) is 26.3 Å². The summed E-state index contributed by atoms with van der Waals surface area (Å²) in [5.41, 5.74) is -0.690. The lowest BCUT2D eigenvalue weighted by Crippen LogP contribution is -2.07. The summed E-state index contributed by atoms with van der Waals surface area (Å²) in [4.78, 5) is 11.1. The number of ketones is 1. The van der Waals surface area contributed by atoms with E-state index in [-0.39, 0.29) is 5.56 Å². The molecule has 1 rings (SSSR count). The highest BCUT2D eigenvalue weighted by molar-refractivity contribution is 5.97. The maximum atomic E-state index is 12.3. The first-order chi connectivity index (χ1) is 7.41. The number of hydrogen-bond donors (Lipinski definition) is 0. The molecular formula is C10H8F4O2. The molecule has 0 aliphatic rings. The van der Waals surface area contributed by atoms with Gasteiger partial charge in [-0.2, -0.15) is 8.78 Å². The monoisotopic (exact) mass is 236 g/mol. The zero-order valence-electron chi connectivity index (χ0n) is 8.22. The Labute approximate surface area is 88.8 Å². The third kappa shape index (κ3) is 2.95. The molecule has 0 aliphatic carbocycles. The summed E-state index contributed by atoms with van der Waals surface area (Å²) < 4.78 is 52.5. The van der Waals surface area contributed by atoms with Crippen molar-refractivity contribution in [1.29, 1.82) is 0 Å². The Bertz CT molecular complexity index is 390. The highest BCUT2D eigenvalue weighted by atomic mass is 19.3. The number of rotatable bonds is 4. The second-order valence-electron chi connectivity index (χ2n) is 2.99. The van der Waals surface area contributed by atoms with Crippen molar-refractivity contribution >= 4 is 5.78 Å². The van der Waals surface area contributed by atoms with Gasteiger partial charge in [-0.15, -0.1) is 0 Å². The fourth-order valence-corrected chi connectivity index (χ4v) is 1.16. The number of Topliss-reactive ketones (excluding diaryl/α,β-unsaturated/α-hetero) is 1.